The van der Waals surface area contributed by atoms with E-state index in [1.165, 1.54) is 6.07 Å². The number of anilines is 1. The Balaban J connectivity index is 1.57. The van der Waals surface area contributed by atoms with Crippen molar-refractivity contribution in [3.63, 3.8) is 0 Å². The highest BCUT2D eigenvalue weighted by Gasteiger charge is 2.46. The number of fused-ring (bicyclic) bond motifs is 1. The minimum absolute atomic E-state index is 0.0676. The van der Waals surface area contributed by atoms with Gasteiger partial charge in [0.1, 0.15) is 5.82 Å². The van der Waals surface area contributed by atoms with Crippen molar-refractivity contribution in [1.82, 2.24) is 24.9 Å². The summed E-state index contributed by atoms with van der Waals surface area (Å²) in [5, 5.41) is 13.9. The molecule has 0 radical (unpaired) electrons. The molecular formula is C20H21F3N6O. The lowest BCUT2D eigenvalue weighted by molar-refractivity contribution is -0.173. The molecule has 2 N–H and O–H groups in total. The number of carbonyl (C=O) groups is 1. The SMILES string of the molecule is Cc1nn(C)cc1CNC(=O)c1cc2n(n1)[C@@H](C(F)(F)F)C[C@@H](c1ccccc1)N2. The summed E-state index contributed by atoms with van der Waals surface area (Å²) in [5.41, 5.74) is 2.27. The van der Waals surface area contributed by atoms with E-state index >= 15 is 0 Å². The summed E-state index contributed by atoms with van der Waals surface area (Å²) >= 11 is 0. The van der Waals surface area contributed by atoms with Crippen molar-refractivity contribution < 1.29 is 18.0 Å². The maximum Gasteiger partial charge on any atom is 0.410 e. The number of nitrogens with one attached hydrogen (secondary N) is 2. The average molecular weight is 418 g/mol. The third-order valence-electron chi connectivity index (χ3n) is 5.18. The van der Waals surface area contributed by atoms with E-state index in [0.717, 1.165) is 21.5 Å². The van der Waals surface area contributed by atoms with Crippen LogP contribution >= 0.6 is 0 Å². The van der Waals surface area contributed by atoms with Gasteiger partial charge in [0.05, 0.1) is 11.7 Å². The van der Waals surface area contributed by atoms with Crippen molar-refractivity contribution in [2.45, 2.75) is 38.1 Å². The molecule has 4 rings (SSSR count). The van der Waals surface area contributed by atoms with E-state index in [9.17, 15) is 18.0 Å². The van der Waals surface area contributed by atoms with Crippen LogP contribution in [-0.4, -0.2) is 31.6 Å². The number of halogens is 3. The van der Waals surface area contributed by atoms with Crippen LogP contribution in [0.15, 0.2) is 42.6 Å². The molecule has 10 heteroatoms. The standard InChI is InChI=1S/C20H21F3N6O/c1-12-14(11-28(2)26-12)10-24-19(30)16-9-18-25-15(13-6-4-3-5-7-13)8-17(20(21,22)23)29(18)27-16/h3-7,9,11,15,17,25H,8,10H2,1-2H3,(H,24,30)/t15-,17+/m0/s1. The van der Waals surface area contributed by atoms with E-state index in [2.05, 4.69) is 20.8 Å². The number of hydrogen-bond acceptors (Lipinski definition) is 4. The molecule has 0 saturated carbocycles. The second-order valence-corrected chi connectivity index (χ2v) is 7.36. The third kappa shape index (κ3) is 3.89. The Morgan fingerprint density at radius 3 is 2.63 bits per heavy atom. The zero-order valence-corrected chi connectivity index (χ0v) is 16.4. The van der Waals surface area contributed by atoms with E-state index in [4.69, 9.17) is 0 Å². The van der Waals surface area contributed by atoms with Gasteiger partial charge in [-0.1, -0.05) is 30.3 Å². The Morgan fingerprint density at radius 1 is 1.27 bits per heavy atom. The van der Waals surface area contributed by atoms with E-state index in [1.807, 2.05) is 13.0 Å². The fourth-order valence-electron chi connectivity index (χ4n) is 3.68. The van der Waals surface area contributed by atoms with Gasteiger partial charge in [0.25, 0.3) is 5.91 Å². The monoisotopic (exact) mass is 418 g/mol. The van der Waals surface area contributed by atoms with Gasteiger partial charge >= 0.3 is 6.18 Å². The Kier molecular flexibility index (Phi) is 5.00. The molecule has 1 amide bonds. The van der Waals surface area contributed by atoms with Crippen molar-refractivity contribution in [2.24, 2.45) is 7.05 Å². The smallest absolute Gasteiger partial charge is 0.363 e. The molecule has 0 bridgehead atoms. The molecule has 1 aliphatic rings. The molecule has 0 spiro atoms. The van der Waals surface area contributed by atoms with E-state index < -0.39 is 24.2 Å². The average Bonchev–Trinajstić information content (AvgIpc) is 3.27. The van der Waals surface area contributed by atoms with Crippen LogP contribution < -0.4 is 10.6 Å². The van der Waals surface area contributed by atoms with Crippen LogP contribution in [-0.2, 0) is 13.6 Å². The molecule has 2 atom stereocenters. The Labute approximate surface area is 170 Å². The number of alkyl halides is 3. The summed E-state index contributed by atoms with van der Waals surface area (Å²) in [6, 6.07) is 7.94. The summed E-state index contributed by atoms with van der Waals surface area (Å²) < 4.78 is 43.7. The number of carbonyl (C=O) groups excluding carboxylic acids is 1. The molecule has 2 aromatic heterocycles. The van der Waals surface area contributed by atoms with Gasteiger partial charge < -0.3 is 10.6 Å². The van der Waals surface area contributed by atoms with Crippen LogP contribution in [0.2, 0.25) is 0 Å². The molecule has 3 heterocycles. The van der Waals surface area contributed by atoms with E-state index in [-0.39, 0.29) is 24.5 Å². The highest BCUT2D eigenvalue weighted by atomic mass is 19.4. The number of rotatable bonds is 4. The Morgan fingerprint density at radius 2 is 2.00 bits per heavy atom. The van der Waals surface area contributed by atoms with Crippen molar-refractivity contribution in [1.29, 1.82) is 0 Å². The molecule has 1 aromatic carbocycles. The number of aromatic nitrogens is 4. The lowest BCUT2D eigenvalue weighted by Crippen LogP contribution is -2.35. The predicted octanol–water partition coefficient (Wildman–Crippen LogP) is 3.52. The summed E-state index contributed by atoms with van der Waals surface area (Å²) in [5.74, 6) is -0.376. The number of aryl methyl sites for hydroxylation is 2. The minimum atomic E-state index is -4.49. The quantitative estimate of drug-likeness (QED) is 0.680. The van der Waals surface area contributed by atoms with Crippen LogP contribution in [0.3, 0.4) is 0 Å². The van der Waals surface area contributed by atoms with Crippen LogP contribution in [0.25, 0.3) is 0 Å². The van der Waals surface area contributed by atoms with Crippen molar-refractivity contribution >= 4 is 11.7 Å². The zero-order valence-electron chi connectivity index (χ0n) is 16.4. The summed E-state index contributed by atoms with van der Waals surface area (Å²) in [6.07, 6.45) is -2.92. The summed E-state index contributed by atoms with van der Waals surface area (Å²) in [6.45, 7) is 2.03. The fraction of sp³-hybridized carbons (Fsp3) is 0.350. The maximum absolute atomic E-state index is 13.7. The topological polar surface area (TPSA) is 76.8 Å². The third-order valence-corrected chi connectivity index (χ3v) is 5.18. The molecular weight excluding hydrogens is 397 g/mol. The van der Waals surface area contributed by atoms with Crippen LogP contribution in [0.4, 0.5) is 19.0 Å². The summed E-state index contributed by atoms with van der Waals surface area (Å²) in [7, 11) is 1.77. The molecule has 0 unspecified atom stereocenters. The highest BCUT2D eigenvalue weighted by molar-refractivity contribution is 5.93. The van der Waals surface area contributed by atoms with E-state index in [0.29, 0.717) is 0 Å². The number of amides is 1. The number of benzene rings is 1. The molecule has 30 heavy (non-hydrogen) atoms. The number of nitrogens with zero attached hydrogens (tertiary/aromatic N) is 4. The van der Waals surface area contributed by atoms with Gasteiger partial charge in [0.15, 0.2) is 11.7 Å². The molecule has 3 aromatic rings. The molecule has 0 aliphatic carbocycles. The van der Waals surface area contributed by atoms with Gasteiger partial charge in [-0.15, -0.1) is 0 Å². The van der Waals surface area contributed by atoms with Crippen LogP contribution in [0.5, 0.6) is 0 Å². The first-order chi connectivity index (χ1) is 14.2. The van der Waals surface area contributed by atoms with Crippen molar-refractivity contribution in [3.05, 3.63) is 65.1 Å². The second-order valence-electron chi connectivity index (χ2n) is 7.36. The van der Waals surface area contributed by atoms with Gasteiger partial charge in [-0.25, -0.2) is 4.68 Å². The Bertz CT molecular complexity index is 1060. The lowest BCUT2D eigenvalue weighted by Gasteiger charge is -2.33. The molecule has 7 nitrogen and oxygen atoms in total. The lowest BCUT2D eigenvalue weighted by atomic mass is 9.97. The molecule has 1 aliphatic heterocycles. The highest BCUT2D eigenvalue weighted by Crippen LogP contribution is 2.43. The first-order valence-electron chi connectivity index (χ1n) is 9.47. The Hall–Kier alpha value is -3.30. The van der Waals surface area contributed by atoms with Gasteiger partial charge in [-0.05, 0) is 12.5 Å². The largest absolute Gasteiger partial charge is 0.410 e. The predicted molar refractivity (Wildman–Crippen MR) is 104 cm³/mol. The van der Waals surface area contributed by atoms with Crippen molar-refractivity contribution in [2.75, 3.05) is 5.32 Å². The van der Waals surface area contributed by atoms with Gasteiger partial charge in [0, 0.05) is 37.8 Å². The fourth-order valence-corrected chi connectivity index (χ4v) is 3.68. The van der Waals surface area contributed by atoms with Gasteiger partial charge in [0.2, 0.25) is 0 Å². The number of hydrogen-bond donors (Lipinski definition) is 2. The van der Waals surface area contributed by atoms with Gasteiger partial charge in [-0.3, -0.25) is 9.48 Å². The molecule has 158 valence electrons. The first-order valence-corrected chi connectivity index (χ1v) is 9.47. The van der Waals surface area contributed by atoms with Gasteiger partial charge in [-0.2, -0.15) is 23.4 Å². The van der Waals surface area contributed by atoms with Crippen LogP contribution in [0.1, 0.15) is 45.8 Å². The summed E-state index contributed by atoms with van der Waals surface area (Å²) in [4.78, 5) is 12.5. The van der Waals surface area contributed by atoms with E-state index in [1.54, 1.807) is 42.2 Å². The van der Waals surface area contributed by atoms with Crippen LogP contribution in [0, 0.1) is 6.92 Å². The normalized spacial score (nSPS) is 18.6. The zero-order chi connectivity index (χ0) is 21.5. The maximum atomic E-state index is 13.7. The van der Waals surface area contributed by atoms with Crippen molar-refractivity contribution in [3.8, 4) is 0 Å². The molecule has 0 fully saturated rings. The second kappa shape index (κ2) is 7.51. The minimum Gasteiger partial charge on any atom is -0.363 e. The molecule has 0 saturated heterocycles. The first kappa shape index (κ1) is 20.0.